The Morgan fingerprint density at radius 3 is 2.37 bits per heavy atom. The molecule has 3 aliphatic heterocycles. The maximum absolute atomic E-state index is 14.7. The maximum Gasteiger partial charge on any atom is 0.247 e. The van der Waals surface area contributed by atoms with Crippen LogP contribution in [0.5, 0.6) is 0 Å². The molecule has 4 rings (SSSR count). The van der Waals surface area contributed by atoms with Gasteiger partial charge in [0, 0.05) is 30.9 Å². The number of carbonyl (C=O) groups is 3. The molecular formula is C30H41N3O4S. The number of benzene rings is 1. The van der Waals surface area contributed by atoms with Crippen LogP contribution in [0.25, 0.3) is 0 Å². The summed E-state index contributed by atoms with van der Waals surface area (Å²) in [4.78, 5) is 48.0. The van der Waals surface area contributed by atoms with Gasteiger partial charge in [0.05, 0.1) is 29.2 Å². The molecule has 38 heavy (non-hydrogen) atoms. The Kier molecular flexibility index (Phi) is 7.88. The van der Waals surface area contributed by atoms with Crippen LogP contribution in [0.3, 0.4) is 0 Å². The molecule has 1 N–H and O–H groups in total. The van der Waals surface area contributed by atoms with Gasteiger partial charge in [-0.25, -0.2) is 0 Å². The molecule has 7 atom stereocenters. The zero-order valence-corrected chi connectivity index (χ0v) is 24.0. The largest absolute Gasteiger partial charge is 0.394 e. The van der Waals surface area contributed by atoms with Crippen LogP contribution < -0.4 is 0 Å². The van der Waals surface area contributed by atoms with Crippen molar-refractivity contribution in [2.24, 2.45) is 17.8 Å². The highest BCUT2D eigenvalue weighted by Gasteiger charge is 2.77. The molecule has 2 bridgehead atoms. The molecule has 0 radical (unpaired) electrons. The molecule has 1 spiro atoms. The van der Waals surface area contributed by atoms with Gasteiger partial charge in [-0.2, -0.15) is 0 Å². The number of aliphatic hydroxyl groups is 1. The summed E-state index contributed by atoms with van der Waals surface area (Å²) in [7, 11) is 1.74. The van der Waals surface area contributed by atoms with Crippen molar-refractivity contribution in [3.05, 3.63) is 61.2 Å². The predicted octanol–water partition coefficient (Wildman–Crippen LogP) is 3.51. The molecule has 206 valence electrons. The van der Waals surface area contributed by atoms with Crippen molar-refractivity contribution in [3.63, 3.8) is 0 Å². The van der Waals surface area contributed by atoms with E-state index < -0.39 is 34.2 Å². The molecule has 3 heterocycles. The second-order valence-corrected chi connectivity index (χ2v) is 13.4. The summed E-state index contributed by atoms with van der Waals surface area (Å²) in [6, 6.07) is 7.86. The number of hydrogen-bond donors (Lipinski definition) is 1. The van der Waals surface area contributed by atoms with Gasteiger partial charge in [0.1, 0.15) is 6.04 Å². The van der Waals surface area contributed by atoms with E-state index in [0.717, 1.165) is 12.0 Å². The Labute approximate surface area is 230 Å². The Balaban J connectivity index is 1.90. The quantitative estimate of drug-likeness (QED) is 0.486. The molecule has 3 fully saturated rings. The first kappa shape index (κ1) is 28.4. The SMILES string of the molecule is C=CCN(C)C(=O)[C@@H]1[C@@H]2CC(C)C3(S2)C(C(=O)N(CC=C)C(C)(C)C)N([C@H](CO)c2ccccc2)C(=O)[C@H]13. The lowest BCUT2D eigenvalue weighted by atomic mass is 9.65. The van der Waals surface area contributed by atoms with Crippen molar-refractivity contribution in [3.8, 4) is 0 Å². The second kappa shape index (κ2) is 10.5. The first-order valence-electron chi connectivity index (χ1n) is 13.4. The molecule has 1 aromatic rings. The van der Waals surface area contributed by atoms with Gasteiger partial charge in [-0.15, -0.1) is 24.9 Å². The minimum Gasteiger partial charge on any atom is -0.394 e. The summed E-state index contributed by atoms with van der Waals surface area (Å²) in [5.41, 5.74) is 0.252. The van der Waals surface area contributed by atoms with Crippen LogP contribution in [-0.2, 0) is 14.4 Å². The van der Waals surface area contributed by atoms with Gasteiger partial charge in [0.25, 0.3) is 0 Å². The lowest BCUT2D eigenvalue weighted by Crippen LogP contribution is -2.61. The van der Waals surface area contributed by atoms with Gasteiger partial charge in [0.15, 0.2) is 0 Å². The van der Waals surface area contributed by atoms with E-state index in [1.165, 1.54) is 0 Å². The molecule has 1 aromatic carbocycles. The average Bonchev–Trinajstić information content (AvgIpc) is 3.46. The number of hydrogen-bond acceptors (Lipinski definition) is 5. The first-order chi connectivity index (χ1) is 17.9. The fourth-order valence-corrected chi connectivity index (χ4v) is 9.29. The van der Waals surface area contributed by atoms with Gasteiger partial charge in [-0.3, -0.25) is 14.4 Å². The molecule has 3 unspecified atom stereocenters. The number of thioether (sulfide) groups is 1. The number of aliphatic hydroxyl groups excluding tert-OH is 1. The third kappa shape index (κ3) is 4.30. The van der Waals surface area contributed by atoms with Crippen LogP contribution >= 0.6 is 11.8 Å². The molecule has 0 aliphatic carbocycles. The number of rotatable bonds is 9. The van der Waals surface area contributed by atoms with Gasteiger partial charge in [-0.1, -0.05) is 49.4 Å². The van der Waals surface area contributed by atoms with E-state index in [1.54, 1.807) is 45.7 Å². The van der Waals surface area contributed by atoms with Gasteiger partial charge >= 0.3 is 0 Å². The zero-order chi connectivity index (χ0) is 28.0. The monoisotopic (exact) mass is 539 g/mol. The van der Waals surface area contributed by atoms with E-state index in [4.69, 9.17) is 0 Å². The van der Waals surface area contributed by atoms with Crippen LogP contribution in [-0.4, -0.2) is 85.8 Å². The topological polar surface area (TPSA) is 81.2 Å². The van der Waals surface area contributed by atoms with Crippen LogP contribution in [0.1, 0.15) is 45.7 Å². The fourth-order valence-electron chi connectivity index (χ4n) is 6.90. The second-order valence-electron chi connectivity index (χ2n) is 11.8. The third-order valence-electron chi connectivity index (χ3n) is 8.56. The summed E-state index contributed by atoms with van der Waals surface area (Å²) in [5, 5.41) is 10.6. The van der Waals surface area contributed by atoms with E-state index in [-0.39, 0.29) is 35.5 Å². The van der Waals surface area contributed by atoms with E-state index >= 15 is 0 Å². The highest BCUT2D eigenvalue weighted by Crippen LogP contribution is 2.69. The normalized spacial score (nSPS) is 30.6. The Morgan fingerprint density at radius 2 is 1.82 bits per heavy atom. The van der Waals surface area contributed by atoms with Crippen molar-refractivity contribution in [1.82, 2.24) is 14.7 Å². The summed E-state index contributed by atoms with van der Waals surface area (Å²) in [6.45, 7) is 16.1. The summed E-state index contributed by atoms with van der Waals surface area (Å²) in [5.74, 6) is -1.58. The maximum atomic E-state index is 14.7. The lowest BCUT2D eigenvalue weighted by molar-refractivity contribution is -0.148. The van der Waals surface area contributed by atoms with E-state index in [0.29, 0.717) is 13.1 Å². The average molecular weight is 540 g/mol. The highest BCUT2D eigenvalue weighted by atomic mass is 32.2. The number of likely N-dealkylation sites (tertiary alicyclic amines) is 1. The molecule has 0 aromatic heterocycles. The first-order valence-corrected chi connectivity index (χ1v) is 14.3. The van der Waals surface area contributed by atoms with Crippen molar-refractivity contribution in [2.75, 3.05) is 26.7 Å². The van der Waals surface area contributed by atoms with Crippen LogP contribution in [0.4, 0.5) is 0 Å². The molecule has 7 nitrogen and oxygen atoms in total. The number of amides is 3. The molecular weight excluding hydrogens is 498 g/mol. The molecule has 3 saturated heterocycles. The van der Waals surface area contributed by atoms with Crippen molar-refractivity contribution in [1.29, 1.82) is 0 Å². The Hall–Kier alpha value is -2.58. The number of nitrogens with zero attached hydrogens (tertiary/aromatic N) is 3. The van der Waals surface area contributed by atoms with E-state index in [1.807, 2.05) is 51.1 Å². The third-order valence-corrected chi connectivity index (χ3v) is 10.6. The molecule has 3 aliphatic rings. The van der Waals surface area contributed by atoms with Crippen molar-refractivity contribution in [2.45, 2.75) is 61.7 Å². The van der Waals surface area contributed by atoms with Crippen LogP contribution in [0, 0.1) is 17.8 Å². The number of carbonyl (C=O) groups excluding carboxylic acids is 3. The minimum atomic E-state index is -0.816. The Bertz CT molecular complexity index is 1100. The summed E-state index contributed by atoms with van der Waals surface area (Å²) >= 11 is 1.65. The molecule has 8 heteroatoms. The van der Waals surface area contributed by atoms with Crippen LogP contribution in [0.2, 0.25) is 0 Å². The van der Waals surface area contributed by atoms with Gasteiger partial charge < -0.3 is 19.8 Å². The summed E-state index contributed by atoms with van der Waals surface area (Å²) < 4.78 is -0.763. The minimum absolute atomic E-state index is 0.0389. The van der Waals surface area contributed by atoms with Gasteiger partial charge in [0.2, 0.25) is 17.7 Å². The fraction of sp³-hybridized carbons (Fsp3) is 0.567. The predicted molar refractivity (Wildman–Crippen MR) is 151 cm³/mol. The smallest absolute Gasteiger partial charge is 0.247 e. The van der Waals surface area contributed by atoms with Crippen molar-refractivity contribution >= 4 is 29.5 Å². The van der Waals surface area contributed by atoms with E-state index in [9.17, 15) is 19.5 Å². The molecule has 0 saturated carbocycles. The highest BCUT2D eigenvalue weighted by molar-refractivity contribution is 8.02. The number of fused-ring (bicyclic) bond motifs is 1. The number of likely N-dealkylation sites (N-methyl/N-ethyl adjacent to an activating group) is 1. The molecule has 3 amide bonds. The zero-order valence-electron chi connectivity index (χ0n) is 23.2. The Morgan fingerprint density at radius 1 is 1.18 bits per heavy atom. The van der Waals surface area contributed by atoms with E-state index in [2.05, 4.69) is 20.1 Å². The standard InChI is InChI=1S/C30H41N3O4S/c1-8-15-31(7)26(35)23-22-17-19(3)30(38-22)24(23)27(36)33(21(18-34)20-13-11-10-12-14-20)25(30)28(37)32(16-9-2)29(4,5)6/h8-14,19,21-25,34H,1-2,15-18H2,3-7H3/t19?,21-,22+,23-,24+,25?,30?/m1/s1. The van der Waals surface area contributed by atoms with Crippen LogP contribution in [0.15, 0.2) is 55.6 Å². The lowest BCUT2D eigenvalue weighted by Gasteiger charge is -2.45. The van der Waals surface area contributed by atoms with Crippen molar-refractivity contribution < 1.29 is 19.5 Å². The van der Waals surface area contributed by atoms with Gasteiger partial charge in [-0.05, 0) is 38.7 Å². The summed E-state index contributed by atoms with van der Waals surface area (Å²) in [6.07, 6.45) is 4.15.